The predicted octanol–water partition coefficient (Wildman–Crippen LogP) is 2.96. The van der Waals surface area contributed by atoms with Crippen LogP contribution in [0.4, 0.5) is 10.1 Å². The van der Waals surface area contributed by atoms with Gasteiger partial charge in [-0.05, 0) is 48.2 Å². The van der Waals surface area contributed by atoms with Crippen molar-refractivity contribution in [3.05, 3.63) is 65.0 Å². The normalized spacial score (nSPS) is 17.1. The van der Waals surface area contributed by atoms with E-state index in [4.69, 9.17) is 0 Å². The first-order valence-corrected chi connectivity index (χ1v) is 7.03. The van der Waals surface area contributed by atoms with E-state index < -0.39 is 0 Å². The standard InChI is InChI=1S/C17H17FN2O/c1-11-10-13(6-7-15(11)18)20-17(21)16-14-5-3-2-4-12(14)8-9-19-16/h2-7,10,16,19H,8-9H2,1H3,(H,20,21). The molecule has 0 saturated carbocycles. The predicted molar refractivity (Wildman–Crippen MR) is 80.7 cm³/mol. The molecule has 1 unspecified atom stereocenters. The van der Waals surface area contributed by atoms with Crippen LogP contribution >= 0.6 is 0 Å². The molecule has 0 saturated heterocycles. The second kappa shape index (κ2) is 5.66. The van der Waals surface area contributed by atoms with Crippen LogP contribution in [0.2, 0.25) is 0 Å². The number of anilines is 1. The zero-order valence-electron chi connectivity index (χ0n) is 11.8. The van der Waals surface area contributed by atoms with Gasteiger partial charge in [-0.25, -0.2) is 4.39 Å². The largest absolute Gasteiger partial charge is 0.324 e. The average molecular weight is 284 g/mol. The molecule has 2 aromatic carbocycles. The van der Waals surface area contributed by atoms with E-state index in [1.165, 1.54) is 11.6 Å². The van der Waals surface area contributed by atoms with Gasteiger partial charge in [0.25, 0.3) is 0 Å². The Morgan fingerprint density at radius 2 is 2.10 bits per heavy atom. The van der Waals surface area contributed by atoms with Crippen LogP contribution in [0.3, 0.4) is 0 Å². The molecule has 1 aliphatic rings. The van der Waals surface area contributed by atoms with E-state index in [-0.39, 0.29) is 17.8 Å². The third-order valence-electron chi connectivity index (χ3n) is 3.80. The van der Waals surface area contributed by atoms with Crippen LogP contribution in [0.15, 0.2) is 42.5 Å². The summed E-state index contributed by atoms with van der Waals surface area (Å²) < 4.78 is 13.3. The summed E-state index contributed by atoms with van der Waals surface area (Å²) in [5.41, 5.74) is 3.35. The molecule has 1 atom stereocenters. The lowest BCUT2D eigenvalue weighted by Gasteiger charge is -2.26. The minimum atomic E-state index is -0.361. The van der Waals surface area contributed by atoms with Gasteiger partial charge in [0.2, 0.25) is 5.91 Å². The number of halogens is 1. The molecule has 0 aromatic heterocycles. The Hall–Kier alpha value is -2.20. The molecule has 0 aliphatic carbocycles. The van der Waals surface area contributed by atoms with Gasteiger partial charge in [-0.15, -0.1) is 0 Å². The number of nitrogens with one attached hydrogen (secondary N) is 2. The second-order valence-electron chi connectivity index (χ2n) is 5.29. The highest BCUT2D eigenvalue weighted by molar-refractivity contribution is 5.96. The van der Waals surface area contributed by atoms with Gasteiger partial charge in [0.05, 0.1) is 0 Å². The van der Waals surface area contributed by atoms with E-state index >= 15 is 0 Å². The fraction of sp³-hybridized carbons (Fsp3) is 0.235. The average Bonchev–Trinajstić information content (AvgIpc) is 2.50. The van der Waals surface area contributed by atoms with Crippen LogP contribution in [0.1, 0.15) is 22.7 Å². The highest BCUT2D eigenvalue weighted by atomic mass is 19.1. The molecule has 1 aliphatic heterocycles. The number of carbonyl (C=O) groups excluding carboxylic acids is 1. The minimum absolute atomic E-state index is 0.117. The summed E-state index contributed by atoms with van der Waals surface area (Å²) >= 11 is 0. The molecule has 0 bridgehead atoms. The molecule has 21 heavy (non-hydrogen) atoms. The first-order valence-electron chi connectivity index (χ1n) is 7.03. The van der Waals surface area contributed by atoms with Gasteiger partial charge in [-0.1, -0.05) is 24.3 Å². The number of benzene rings is 2. The topological polar surface area (TPSA) is 41.1 Å². The summed E-state index contributed by atoms with van der Waals surface area (Å²) in [4.78, 5) is 12.5. The Bertz CT molecular complexity index is 684. The van der Waals surface area contributed by atoms with Gasteiger partial charge in [-0.3, -0.25) is 4.79 Å². The molecule has 0 fully saturated rings. The van der Waals surface area contributed by atoms with E-state index in [2.05, 4.69) is 16.7 Å². The number of aryl methyl sites for hydroxylation is 1. The third-order valence-corrected chi connectivity index (χ3v) is 3.80. The van der Waals surface area contributed by atoms with Crippen molar-refractivity contribution in [3.8, 4) is 0 Å². The maximum absolute atomic E-state index is 13.3. The number of hydrogen-bond donors (Lipinski definition) is 2. The molecule has 3 rings (SSSR count). The fourth-order valence-corrected chi connectivity index (χ4v) is 2.68. The Morgan fingerprint density at radius 3 is 2.90 bits per heavy atom. The van der Waals surface area contributed by atoms with Crippen molar-refractivity contribution in [2.45, 2.75) is 19.4 Å². The van der Waals surface area contributed by atoms with Crippen molar-refractivity contribution in [1.29, 1.82) is 0 Å². The summed E-state index contributed by atoms with van der Waals surface area (Å²) in [6.45, 7) is 2.46. The lowest BCUT2D eigenvalue weighted by molar-refractivity contribution is -0.118. The number of carbonyl (C=O) groups is 1. The van der Waals surface area contributed by atoms with Crippen LogP contribution in [0.25, 0.3) is 0 Å². The first kappa shape index (κ1) is 13.8. The van der Waals surface area contributed by atoms with E-state index in [0.29, 0.717) is 11.3 Å². The lowest BCUT2D eigenvalue weighted by atomic mass is 9.94. The number of fused-ring (bicyclic) bond motifs is 1. The zero-order chi connectivity index (χ0) is 14.8. The van der Waals surface area contributed by atoms with Crippen molar-refractivity contribution in [1.82, 2.24) is 5.32 Å². The number of amides is 1. The van der Waals surface area contributed by atoms with Gasteiger partial charge in [-0.2, -0.15) is 0 Å². The summed E-state index contributed by atoms with van der Waals surface area (Å²) in [5, 5.41) is 6.09. The molecular formula is C17H17FN2O. The van der Waals surface area contributed by atoms with E-state index in [1.807, 2.05) is 18.2 Å². The van der Waals surface area contributed by atoms with Crippen molar-refractivity contribution in [3.63, 3.8) is 0 Å². The monoisotopic (exact) mass is 284 g/mol. The molecular weight excluding hydrogens is 267 g/mol. The molecule has 0 spiro atoms. The van der Waals surface area contributed by atoms with Gasteiger partial charge in [0.1, 0.15) is 11.9 Å². The highest BCUT2D eigenvalue weighted by Crippen LogP contribution is 2.24. The summed E-state index contributed by atoms with van der Waals surface area (Å²) in [5.74, 6) is -0.387. The molecule has 2 aromatic rings. The van der Waals surface area contributed by atoms with Crippen molar-refractivity contribution in [2.24, 2.45) is 0 Å². The van der Waals surface area contributed by atoms with E-state index in [0.717, 1.165) is 18.5 Å². The molecule has 3 nitrogen and oxygen atoms in total. The molecule has 4 heteroatoms. The van der Waals surface area contributed by atoms with Crippen molar-refractivity contribution < 1.29 is 9.18 Å². The zero-order valence-corrected chi connectivity index (χ0v) is 11.8. The maximum Gasteiger partial charge on any atom is 0.246 e. The second-order valence-corrected chi connectivity index (χ2v) is 5.29. The van der Waals surface area contributed by atoms with Crippen molar-refractivity contribution >= 4 is 11.6 Å². The van der Waals surface area contributed by atoms with Gasteiger partial charge >= 0.3 is 0 Å². The van der Waals surface area contributed by atoms with Crippen LogP contribution in [-0.4, -0.2) is 12.5 Å². The summed E-state index contributed by atoms with van der Waals surface area (Å²) in [6.07, 6.45) is 0.926. The first-order chi connectivity index (χ1) is 10.1. The van der Waals surface area contributed by atoms with Gasteiger partial charge < -0.3 is 10.6 Å². The van der Waals surface area contributed by atoms with Crippen molar-refractivity contribution in [2.75, 3.05) is 11.9 Å². The van der Waals surface area contributed by atoms with Crippen LogP contribution in [0, 0.1) is 12.7 Å². The molecule has 0 radical (unpaired) electrons. The Kier molecular flexibility index (Phi) is 3.71. The minimum Gasteiger partial charge on any atom is -0.324 e. The van der Waals surface area contributed by atoms with Gasteiger partial charge in [0, 0.05) is 12.2 Å². The van der Waals surface area contributed by atoms with Crippen LogP contribution in [-0.2, 0) is 11.2 Å². The Morgan fingerprint density at radius 1 is 1.29 bits per heavy atom. The molecule has 1 amide bonds. The third kappa shape index (κ3) is 2.81. The molecule has 2 N–H and O–H groups in total. The van der Waals surface area contributed by atoms with E-state index in [1.54, 1.807) is 19.1 Å². The molecule has 108 valence electrons. The van der Waals surface area contributed by atoms with Crippen LogP contribution < -0.4 is 10.6 Å². The SMILES string of the molecule is Cc1cc(NC(=O)C2NCCc3ccccc32)ccc1F. The fourth-order valence-electron chi connectivity index (χ4n) is 2.68. The van der Waals surface area contributed by atoms with E-state index in [9.17, 15) is 9.18 Å². The summed E-state index contributed by atoms with van der Waals surface area (Å²) in [7, 11) is 0. The smallest absolute Gasteiger partial charge is 0.246 e. The Balaban J connectivity index is 1.81. The number of hydrogen-bond acceptors (Lipinski definition) is 2. The van der Waals surface area contributed by atoms with Crippen LogP contribution in [0.5, 0.6) is 0 Å². The lowest BCUT2D eigenvalue weighted by Crippen LogP contribution is -2.38. The molecule has 1 heterocycles. The highest BCUT2D eigenvalue weighted by Gasteiger charge is 2.25. The van der Waals surface area contributed by atoms with Gasteiger partial charge in [0.15, 0.2) is 0 Å². The maximum atomic E-state index is 13.3. The number of rotatable bonds is 2. The Labute approximate surface area is 123 Å². The summed E-state index contributed by atoms with van der Waals surface area (Å²) in [6, 6.07) is 12.2. The quantitative estimate of drug-likeness (QED) is 0.890.